The van der Waals surface area contributed by atoms with Gasteiger partial charge in [0.05, 0.1) is 5.92 Å². The predicted molar refractivity (Wildman–Crippen MR) is 58.4 cm³/mol. The number of carbonyl (C=O) groups is 1. The van der Waals surface area contributed by atoms with Crippen LogP contribution in [0.2, 0.25) is 0 Å². The molecular weight excluding hydrogens is 252 g/mol. The van der Waals surface area contributed by atoms with Gasteiger partial charge >= 0.3 is 5.97 Å². The molecule has 2 nitrogen and oxygen atoms in total. The number of carboxylic acid groups (broad SMARTS) is 1. The van der Waals surface area contributed by atoms with Crippen molar-refractivity contribution in [2.45, 2.75) is 5.92 Å². The molecule has 0 heterocycles. The Kier molecular flexibility index (Phi) is 3.81. The molecule has 1 rings (SSSR count). The molecule has 13 heavy (non-hydrogen) atoms. The molecule has 1 aromatic rings. The lowest BCUT2D eigenvalue weighted by atomic mass is 10.0. The molecule has 1 atom stereocenters. The van der Waals surface area contributed by atoms with Gasteiger partial charge in [-0.05, 0) is 17.7 Å². The van der Waals surface area contributed by atoms with Crippen LogP contribution in [0.5, 0.6) is 0 Å². The van der Waals surface area contributed by atoms with Crippen molar-refractivity contribution < 1.29 is 9.90 Å². The summed E-state index contributed by atoms with van der Waals surface area (Å²) in [5.41, 5.74) is 0.775. The monoisotopic (exact) mass is 260 g/mol. The van der Waals surface area contributed by atoms with Gasteiger partial charge in [-0.25, -0.2) is 0 Å². The molecule has 0 aliphatic heterocycles. The summed E-state index contributed by atoms with van der Waals surface area (Å²) >= 11 is 7.30. The number of rotatable bonds is 3. The van der Waals surface area contributed by atoms with Crippen molar-refractivity contribution in [2.24, 2.45) is 0 Å². The van der Waals surface area contributed by atoms with E-state index in [0.717, 1.165) is 10.0 Å². The fourth-order valence-electron chi connectivity index (χ4n) is 1.05. The van der Waals surface area contributed by atoms with Crippen molar-refractivity contribution in [2.75, 3.05) is 5.75 Å². The van der Waals surface area contributed by atoms with Gasteiger partial charge in [-0.2, -0.15) is 12.6 Å². The highest BCUT2D eigenvalue weighted by molar-refractivity contribution is 9.10. The second kappa shape index (κ2) is 4.67. The predicted octanol–water partition coefficient (Wildman–Crippen LogP) is 2.55. The van der Waals surface area contributed by atoms with Crippen LogP contribution >= 0.6 is 28.6 Å². The summed E-state index contributed by atoms with van der Waals surface area (Å²) in [6.07, 6.45) is 0. The van der Waals surface area contributed by atoms with Crippen molar-refractivity contribution >= 4 is 34.5 Å². The van der Waals surface area contributed by atoms with Crippen LogP contribution in [0.15, 0.2) is 28.7 Å². The van der Waals surface area contributed by atoms with Gasteiger partial charge in [-0.1, -0.05) is 28.1 Å². The van der Waals surface area contributed by atoms with Crippen LogP contribution in [0, 0.1) is 0 Å². The largest absolute Gasteiger partial charge is 0.481 e. The first-order chi connectivity index (χ1) is 6.15. The molecule has 1 aromatic carbocycles. The fourth-order valence-corrected chi connectivity index (χ4v) is 1.83. The average Bonchev–Trinajstić information content (AvgIpc) is 2.04. The van der Waals surface area contributed by atoms with Crippen LogP contribution in [0.4, 0.5) is 0 Å². The lowest BCUT2D eigenvalue weighted by molar-refractivity contribution is -0.138. The second-order valence-corrected chi connectivity index (χ2v) is 3.91. The standard InChI is InChI=1S/C9H9BrO2S/c10-7-3-1-2-6(4-7)8(5-13)9(11)12/h1-4,8,13H,5H2,(H,11,12). The van der Waals surface area contributed by atoms with Crippen molar-refractivity contribution in [3.63, 3.8) is 0 Å². The number of thiol groups is 1. The first-order valence-corrected chi connectivity index (χ1v) is 5.17. The van der Waals surface area contributed by atoms with Gasteiger partial charge in [-0.3, -0.25) is 4.79 Å². The third kappa shape index (κ3) is 2.74. The summed E-state index contributed by atoms with van der Waals surface area (Å²) in [4.78, 5) is 10.8. The van der Waals surface area contributed by atoms with Crippen LogP contribution in [0.3, 0.4) is 0 Å². The number of aliphatic carboxylic acids is 1. The molecule has 0 saturated heterocycles. The van der Waals surface area contributed by atoms with E-state index in [-0.39, 0.29) is 0 Å². The highest BCUT2D eigenvalue weighted by Crippen LogP contribution is 2.21. The van der Waals surface area contributed by atoms with Crippen LogP contribution in [0.1, 0.15) is 11.5 Å². The van der Waals surface area contributed by atoms with Crippen LogP contribution in [-0.2, 0) is 4.79 Å². The minimum absolute atomic E-state index is 0.311. The average molecular weight is 261 g/mol. The first-order valence-electron chi connectivity index (χ1n) is 3.74. The topological polar surface area (TPSA) is 37.3 Å². The minimum atomic E-state index is -0.840. The van der Waals surface area contributed by atoms with E-state index in [1.54, 1.807) is 12.1 Å². The van der Waals surface area contributed by atoms with Crippen LogP contribution in [-0.4, -0.2) is 16.8 Å². The normalized spacial score (nSPS) is 12.5. The van der Waals surface area contributed by atoms with E-state index in [0.29, 0.717) is 5.75 Å². The van der Waals surface area contributed by atoms with E-state index in [2.05, 4.69) is 28.6 Å². The lowest BCUT2D eigenvalue weighted by Crippen LogP contribution is -2.12. The highest BCUT2D eigenvalue weighted by Gasteiger charge is 2.17. The first kappa shape index (κ1) is 10.6. The molecule has 0 bridgehead atoms. The summed E-state index contributed by atoms with van der Waals surface area (Å²) < 4.78 is 0.887. The van der Waals surface area contributed by atoms with Crippen molar-refractivity contribution in [3.8, 4) is 0 Å². The Labute approximate surface area is 90.5 Å². The fraction of sp³-hybridized carbons (Fsp3) is 0.222. The Morgan fingerprint density at radius 2 is 2.31 bits per heavy atom. The van der Waals surface area contributed by atoms with E-state index in [9.17, 15) is 4.79 Å². The number of halogens is 1. The maximum absolute atomic E-state index is 10.8. The van der Waals surface area contributed by atoms with E-state index in [1.165, 1.54) is 0 Å². The molecule has 0 amide bonds. The third-order valence-corrected chi connectivity index (χ3v) is 2.59. The second-order valence-electron chi connectivity index (χ2n) is 2.63. The number of carboxylic acids is 1. The maximum Gasteiger partial charge on any atom is 0.311 e. The number of hydrogen-bond donors (Lipinski definition) is 2. The van der Waals surface area contributed by atoms with Gasteiger partial charge in [0.1, 0.15) is 0 Å². The number of hydrogen-bond acceptors (Lipinski definition) is 2. The quantitative estimate of drug-likeness (QED) is 0.820. The van der Waals surface area contributed by atoms with Gasteiger partial charge in [0.15, 0.2) is 0 Å². The van der Waals surface area contributed by atoms with Gasteiger partial charge in [-0.15, -0.1) is 0 Å². The molecule has 0 radical (unpaired) electrons. The van der Waals surface area contributed by atoms with Gasteiger partial charge in [0.25, 0.3) is 0 Å². The third-order valence-electron chi connectivity index (χ3n) is 1.73. The van der Waals surface area contributed by atoms with Crippen molar-refractivity contribution in [3.05, 3.63) is 34.3 Å². The number of benzene rings is 1. The van der Waals surface area contributed by atoms with Gasteiger partial charge in [0, 0.05) is 10.2 Å². The Bertz CT molecular complexity index is 314. The van der Waals surface area contributed by atoms with Crippen LogP contribution < -0.4 is 0 Å². The molecule has 4 heteroatoms. The Morgan fingerprint density at radius 1 is 1.62 bits per heavy atom. The zero-order valence-electron chi connectivity index (χ0n) is 6.77. The van der Waals surface area contributed by atoms with E-state index >= 15 is 0 Å². The van der Waals surface area contributed by atoms with Crippen LogP contribution in [0.25, 0.3) is 0 Å². The summed E-state index contributed by atoms with van der Waals surface area (Å²) in [6, 6.07) is 7.27. The summed E-state index contributed by atoms with van der Waals surface area (Å²) in [6.45, 7) is 0. The lowest BCUT2D eigenvalue weighted by Gasteiger charge is -2.09. The van der Waals surface area contributed by atoms with Gasteiger partial charge < -0.3 is 5.11 Å². The minimum Gasteiger partial charge on any atom is -0.481 e. The van der Waals surface area contributed by atoms with Crippen molar-refractivity contribution in [1.29, 1.82) is 0 Å². The molecule has 0 fully saturated rings. The highest BCUT2D eigenvalue weighted by atomic mass is 79.9. The molecule has 0 spiro atoms. The van der Waals surface area contributed by atoms with E-state index in [4.69, 9.17) is 5.11 Å². The molecule has 0 aliphatic carbocycles. The molecule has 0 aliphatic rings. The summed E-state index contributed by atoms with van der Waals surface area (Å²) in [7, 11) is 0. The molecule has 1 N–H and O–H groups in total. The summed E-state index contributed by atoms with van der Waals surface area (Å²) in [5, 5.41) is 8.85. The van der Waals surface area contributed by atoms with Gasteiger partial charge in [0.2, 0.25) is 0 Å². The molecule has 1 unspecified atom stereocenters. The Morgan fingerprint density at radius 3 is 2.77 bits per heavy atom. The Balaban J connectivity index is 2.98. The Hall–Kier alpha value is -0.480. The molecular formula is C9H9BrO2S. The smallest absolute Gasteiger partial charge is 0.311 e. The zero-order chi connectivity index (χ0) is 9.84. The molecule has 0 aromatic heterocycles. The van der Waals surface area contributed by atoms with E-state index < -0.39 is 11.9 Å². The SMILES string of the molecule is O=C(O)C(CS)c1cccc(Br)c1. The molecule has 0 saturated carbocycles. The van der Waals surface area contributed by atoms with Crippen molar-refractivity contribution in [1.82, 2.24) is 0 Å². The zero-order valence-corrected chi connectivity index (χ0v) is 9.25. The maximum atomic E-state index is 10.8. The van der Waals surface area contributed by atoms with E-state index in [1.807, 2.05) is 12.1 Å². The molecule has 70 valence electrons. The summed E-state index contributed by atoms with van der Waals surface area (Å²) in [5.74, 6) is -1.06.